The van der Waals surface area contributed by atoms with E-state index in [2.05, 4.69) is 12.2 Å². The smallest absolute Gasteiger partial charge is 0.115 e. The Hall–Kier alpha value is -1.06. The number of phenolic OH excluding ortho intramolecular Hbond substituents is 1. The van der Waals surface area contributed by atoms with Crippen molar-refractivity contribution in [2.45, 2.75) is 32.7 Å². The molecule has 1 aromatic rings. The highest BCUT2D eigenvalue weighted by Crippen LogP contribution is 2.08. The molecule has 1 aromatic carbocycles. The van der Waals surface area contributed by atoms with Gasteiger partial charge in [0.2, 0.25) is 0 Å². The van der Waals surface area contributed by atoms with E-state index in [1.807, 2.05) is 12.1 Å². The second-order valence-corrected chi connectivity index (χ2v) is 4.16. The van der Waals surface area contributed by atoms with Crippen LogP contribution >= 0.6 is 0 Å². The zero-order chi connectivity index (χ0) is 12.3. The summed E-state index contributed by atoms with van der Waals surface area (Å²) in [7, 11) is 0. The van der Waals surface area contributed by atoms with E-state index in [1.165, 1.54) is 12.0 Å². The molecule has 0 spiro atoms. The number of hydrogen-bond donors (Lipinski definition) is 2. The maximum atomic E-state index is 9.13. The van der Waals surface area contributed by atoms with Crippen LogP contribution in [0, 0.1) is 0 Å². The molecular formula is C14H23NO2. The lowest BCUT2D eigenvalue weighted by atomic mass is 10.2. The molecule has 2 N–H and O–H groups in total. The minimum Gasteiger partial charge on any atom is -0.508 e. The molecule has 0 saturated heterocycles. The first-order valence-corrected chi connectivity index (χ1v) is 6.39. The van der Waals surface area contributed by atoms with Crippen molar-refractivity contribution in [1.29, 1.82) is 0 Å². The van der Waals surface area contributed by atoms with Gasteiger partial charge in [0.15, 0.2) is 0 Å². The Morgan fingerprint density at radius 1 is 1.12 bits per heavy atom. The van der Waals surface area contributed by atoms with Crippen LogP contribution < -0.4 is 5.32 Å². The fourth-order valence-corrected chi connectivity index (χ4v) is 1.49. The average molecular weight is 237 g/mol. The van der Waals surface area contributed by atoms with E-state index < -0.39 is 0 Å². The number of ether oxygens (including phenoxy) is 1. The molecule has 96 valence electrons. The summed E-state index contributed by atoms with van der Waals surface area (Å²) in [6, 6.07) is 7.29. The van der Waals surface area contributed by atoms with Crippen LogP contribution in [0.25, 0.3) is 0 Å². The molecule has 17 heavy (non-hydrogen) atoms. The summed E-state index contributed by atoms with van der Waals surface area (Å²) < 4.78 is 5.47. The SMILES string of the molecule is CCCCOCCCNCc1ccc(O)cc1. The van der Waals surface area contributed by atoms with Gasteiger partial charge in [0.25, 0.3) is 0 Å². The zero-order valence-electron chi connectivity index (χ0n) is 10.6. The minimum atomic E-state index is 0.318. The summed E-state index contributed by atoms with van der Waals surface area (Å²) in [5.41, 5.74) is 1.19. The summed E-state index contributed by atoms with van der Waals surface area (Å²) in [6.45, 7) is 5.70. The van der Waals surface area contributed by atoms with E-state index >= 15 is 0 Å². The molecule has 0 amide bonds. The van der Waals surface area contributed by atoms with Gasteiger partial charge >= 0.3 is 0 Å². The maximum absolute atomic E-state index is 9.13. The number of aromatic hydroxyl groups is 1. The van der Waals surface area contributed by atoms with Crippen molar-refractivity contribution in [2.24, 2.45) is 0 Å². The Labute approximate surface area is 104 Å². The normalized spacial score (nSPS) is 10.6. The molecule has 0 saturated carbocycles. The van der Waals surface area contributed by atoms with Gasteiger partial charge in [0, 0.05) is 19.8 Å². The monoisotopic (exact) mass is 237 g/mol. The van der Waals surface area contributed by atoms with Crippen LogP contribution in [0.2, 0.25) is 0 Å². The lowest BCUT2D eigenvalue weighted by Crippen LogP contribution is -2.16. The van der Waals surface area contributed by atoms with Crippen LogP contribution in [0.3, 0.4) is 0 Å². The van der Waals surface area contributed by atoms with E-state index in [4.69, 9.17) is 9.84 Å². The van der Waals surface area contributed by atoms with Crippen LogP contribution in [0.1, 0.15) is 31.7 Å². The van der Waals surface area contributed by atoms with Crippen LogP contribution in [0.5, 0.6) is 5.75 Å². The molecule has 0 heterocycles. The van der Waals surface area contributed by atoms with Gasteiger partial charge in [-0.3, -0.25) is 0 Å². The molecule has 0 atom stereocenters. The third-order valence-electron chi connectivity index (χ3n) is 2.55. The summed E-state index contributed by atoms with van der Waals surface area (Å²) in [5.74, 6) is 0.318. The first-order chi connectivity index (χ1) is 8.33. The predicted molar refractivity (Wildman–Crippen MR) is 70.2 cm³/mol. The maximum Gasteiger partial charge on any atom is 0.115 e. The number of benzene rings is 1. The Morgan fingerprint density at radius 3 is 2.53 bits per heavy atom. The van der Waals surface area contributed by atoms with Gasteiger partial charge in [0.05, 0.1) is 0 Å². The molecule has 3 heteroatoms. The van der Waals surface area contributed by atoms with Crippen molar-refractivity contribution in [3.8, 4) is 5.75 Å². The number of hydrogen-bond acceptors (Lipinski definition) is 3. The Balaban J connectivity index is 1.95. The predicted octanol–water partition coefficient (Wildman–Crippen LogP) is 2.69. The standard InChI is InChI=1S/C14H23NO2/c1-2-3-10-17-11-4-9-15-12-13-5-7-14(16)8-6-13/h5-8,15-16H,2-4,9-12H2,1H3. The van der Waals surface area contributed by atoms with Gasteiger partial charge in [-0.15, -0.1) is 0 Å². The minimum absolute atomic E-state index is 0.318. The van der Waals surface area contributed by atoms with Gasteiger partial charge in [-0.2, -0.15) is 0 Å². The highest BCUT2D eigenvalue weighted by atomic mass is 16.5. The van der Waals surface area contributed by atoms with Gasteiger partial charge in [-0.05, 0) is 37.1 Å². The van der Waals surface area contributed by atoms with E-state index in [-0.39, 0.29) is 0 Å². The van der Waals surface area contributed by atoms with Crippen molar-refractivity contribution >= 4 is 0 Å². The largest absolute Gasteiger partial charge is 0.508 e. The lowest BCUT2D eigenvalue weighted by molar-refractivity contribution is 0.129. The highest BCUT2D eigenvalue weighted by Gasteiger charge is 1.93. The number of nitrogens with one attached hydrogen (secondary N) is 1. The third-order valence-corrected chi connectivity index (χ3v) is 2.55. The molecular weight excluding hydrogens is 214 g/mol. The summed E-state index contributed by atoms with van der Waals surface area (Å²) in [6.07, 6.45) is 3.39. The van der Waals surface area contributed by atoms with E-state index in [0.29, 0.717) is 5.75 Å². The molecule has 0 aromatic heterocycles. The van der Waals surface area contributed by atoms with E-state index in [1.54, 1.807) is 12.1 Å². The van der Waals surface area contributed by atoms with Gasteiger partial charge < -0.3 is 15.2 Å². The number of unbranched alkanes of at least 4 members (excludes halogenated alkanes) is 1. The van der Waals surface area contributed by atoms with Crippen molar-refractivity contribution in [2.75, 3.05) is 19.8 Å². The van der Waals surface area contributed by atoms with Crippen molar-refractivity contribution in [3.05, 3.63) is 29.8 Å². The molecule has 0 aliphatic rings. The molecule has 0 unspecified atom stereocenters. The second-order valence-electron chi connectivity index (χ2n) is 4.16. The molecule has 0 aliphatic heterocycles. The van der Waals surface area contributed by atoms with Crippen molar-refractivity contribution in [3.63, 3.8) is 0 Å². The molecule has 3 nitrogen and oxygen atoms in total. The highest BCUT2D eigenvalue weighted by molar-refractivity contribution is 5.25. The fourth-order valence-electron chi connectivity index (χ4n) is 1.49. The van der Waals surface area contributed by atoms with E-state index in [9.17, 15) is 0 Å². The summed E-state index contributed by atoms with van der Waals surface area (Å²) in [5, 5.41) is 12.5. The topological polar surface area (TPSA) is 41.5 Å². The number of rotatable bonds is 9. The molecule has 0 bridgehead atoms. The van der Waals surface area contributed by atoms with Crippen LogP contribution in [0.4, 0.5) is 0 Å². The second kappa shape index (κ2) is 9.02. The molecule has 0 fully saturated rings. The zero-order valence-corrected chi connectivity index (χ0v) is 10.6. The van der Waals surface area contributed by atoms with Gasteiger partial charge in [-0.1, -0.05) is 25.5 Å². The van der Waals surface area contributed by atoms with Gasteiger partial charge in [-0.25, -0.2) is 0 Å². The van der Waals surface area contributed by atoms with Crippen molar-refractivity contribution < 1.29 is 9.84 Å². The quantitative estimate of drug-likeness (QED) is 0.649. The molecule has 1 rings (SSSR count). The summed E-state index contributed by atoms with van der Waals surface area (Å²) >= 11 is 0. The van der Waals surface area contributed by atoms with Crippen molar-refractivity contribution in [1.82, 2.24) is 5.32 Å². The lowest BCUT2D eigenvalue weighted by Gasteiger charge is -2.06. The Morgan fingerprint density at radius 2 is 1.82 bits per heavy atom. The van der Waals surface area contributed by atoms with Crippen LogP contribution in [-0.4, -0.2) is 24.9 Å². The average Bonchev–Trinajstić information content (AvgIpc) is 2.35. The Bertz CT molecular complexity index is 285. The van der Waals surface area contributed by atoms with Crippen LogP contribution in [0.15, 0.2) is 24.3 Å². The molecule has 0 aliphatic carbocycles. The first-order valence-electron chi connectivity index (χ1n) is 6.39. The number of phenols is 1. The van der Waals surface area contributed by atoms with E-state index in [0.717, 1.165) is 39.1 Å². The fraction of sp³-hybridized carbons (Fsp3) is 0.571. The molecule has 0 radical (unpaired) electrons. The van der Waals surface area contributed by atoms with Crippen LogP contribution in [-0.2, 0) is 11.3 Å². The first kappa shape index (κ1) is 14.0. The third kappa shape index (κ3) is 6.97. The van der Waals surface area contributed by atoms with Gasteiger partial charge in [0.1, 0.15) is 5.75 Å². The summed E-state index contributed by atoms with van der Waals surface area (Å²) in [4.78, 5) is 0. The Kier molecular flexibility index (Phi) is 7.43.